The molecule has 37 heavy (non-hydrogen) atoms. The predicted molar refractivity (Wildman–Crippen MR) is 144 cm³/mol. The van der Waals surface area contributed by atoms with Crippen LogP contribution in [0.15, 0.2) is 42.5 Å². The maximum absolute atomic E-state index is 13.8. The van der Waals surface area contributed by atoms with E-state index in [0.29, 0.717) is 28.3 Å². The average Bonchev–Trinajstić information content (AvgIpc) is 2.84. The summed E-state index contributed by atoms with van der Waals surface area (Å²) in [5.41, 5.74) is 1.56. The number of anilines is 1. The third kappa shape index (κ3) is 7.92. The second kappa shape index (κ2) is 12.7. The summed E-state index contributed by atoms with van der Waals surface area (Å²) in [6.45, 7) is 3.07. The van der Waals surface area contributed by atoms with Crippen molar-refractivity contribution in [3.05, 3.63) is 64.4 Å². The maximum atomic E-state index is 13.8. The molecule has 2 aromatic rings. The smallest absolute Gasteiger partial charge is 0.244 e. The van der Waals surface area contributed by atoms with E-state index in [4.69, 9.17) is 11.6 Å². The number of carbonyl (C=O) groups is 2. The SMILES string of the molecule is CC[C@H](C(=O)NC1CCCCC1)N(Cc1ccc(F)cc1)C(=O)CN(c1ccc(Cl)cc1C)S(C)(=O)=O. The second-order valence-electron chi connectivity index (χ2n) is 9.62. The number of hydrogen-bond donors (Lipinski definition) is 1. The van der Waals surface area contributed by atoms with E-state index < -0.39 is 34.3 Å². The van der Waals surface area contributed by atoms with Gasteiger partial charge in [-0.05, 0) is 67.6 Å². The molecule has 0 heterocycles. The Bertz CT molecular complexity index is 1200. The molecular weight excluding hydrogens is 517 g/mol. The highest BCUT2D eigenvalue weighted by Crippen LogP contribution is 2.26. The first-order valence-corrected chi connectivity index (χ1v) is 14.8. The summed E-state index contributed by atoms with van der Waals surface area (Å²) in [6, 6.07) is 9.69. The quantitative estimate of drug-likeness (QED) is 0.459. The lowest BCUT2D eigenvalue weighted by Gasteiger charge is -2.34. The Morgan fingerprint density at radius 2 is 1.76 bits per heavy atom. The van der Waals surface area contributed by atoms with Crippen LogP contribution in [0.25, 0.3) is 0 Å². The van der Waals surface area contributed by atoms with Crippen molar-refractivity contribution in [2.45, 2.75) is 71.0 Å². The van der Waals surface area contributed by atoms with Gasteiger partial charge in [0.25, 0.3) is 0 Å². The first kappa shape index (κ1) is 28.9. The zero-order chi connectivity index (χ0) is 27.2. The van der Waals surface area contributed by atoms with Crippen molar-refractivity contribution in [3.8, 4) is 0 Å². The van der Waals surface area contributed by atoms with Crippen LogP contribution in [0, 0.1) is 12.7 Å². The number of halogens is 2. The van der Waals surface area contributed by atoms with Gasteiger partial charge >= 0.3 is 0 Å². The summed E-state index contributed by atoms with van der Waals surface area (Å²) in [5.74, 6) is -1.21. The fraction of sp³-hybridized carbons (Fsp3) is 0.481. The van der Waals surface area contributed by atoms with Crippen molar-refractivity contribution in [1.29, 1.82) is 0 Å². The van der Waals surface area contributed by atoms with Crippen LogP contribution < -0.4 is 9.62 Å². The predicted octanol–water partition coefficient (Wildman–Crippen LogP) is 4.81. The standard InChI is InChI=1S/C27H35ClFN3O4S/c1-4-24(27(34)30-23-8-6-5-7-9-23)31(17-20-10-13-22(29)14-11-20)26(33)18-32(37(3,35)36)25-15-12-21(28)16-19(25)2/h10-16,23-24H,4-9,17-18H2,1-3H3,(H,30,34)/t24-/m1/s1. The van der Waals surface area contributed by atoms with E-state index in [9.17, 15) is 22.4 Å². The normalized spacial score (nSPS) is 15.2. The fourth-order valence-electron chi connectivity index (χ4n) is 4.74. The first-order valence-electron chi connectivity index (χ1n) is 12.6. The molecule has 0 aromatic heterocycles. The van der Waals surface area contributed by atoms with Crippen LogP contribution in [0.1, 0.15) is 56.6 Å². The molecule has 1 fully saturated rings. The molecule has 1 saturated carbocycles. The van der Waals surface area contributed by atoms with Gasteiger partial charge in [0.05, 0.1) is 11.9 Å². The minimum Gasteiger partial charge on any atom is -0.352 e. The van der Waals surface area contributed by atoms with Gasteiger partial charge in [0.15, 0.2) is 0 Å². The Kier molecular flexibility index (Phi) is 9.95. The molecule has 7 nitrogen and oxygen atoms in total. The molecule has 0 spiro atoms. The number of nitrogens with zero attached hydrogens (tertiary/aromatic N) is 2. The third-order valence-corrected chi connectivity index (χ3v) is 8.07. The Hall–Kier alpha value is -2.65. The van der Waals surface area contributed by atoms with E-state index in [-0.39, 0.29) is 18.5 Å². The van der Waals surface area contributed by atoms with E-state index >= 15 is 0 Å². The number of hydrogen-bond acceptors (Lipinski definition) is 4. The Morgan fingerprint density at radius 3 is 2.32 bits per heavy atom. The molecule has 2 amide bonds. The van der Waals surface area contributed by atoms with Crippen LogP contribution in [0.4, 0.5) is 10.1 Å². The second-order valence-corrected chi connectivity index (χ2v) is 12.0. The van der Waals surface area contributed by atoms with Crippen LogP contribution in [-0.2, 0) is 26.2 Å². The molecule has 0 aliphatic heterocycles. The van der Waals surface area contributed by atoms with Gasteiger partial charge in [0.2, 0.25) is 21.8 Å². The highest BCUT2D eigenvalue weighted by Gasteiger charge is 2.33. The molecule has 0 saturated heterocycles. The molecule has 10 heteroatoms. The van der Waals surface area contributed by atoms with Crippen LogP contribution in [0.3, 0.4) is 0 Å². The van der Waals surface area contributed by atoms with Crippen molar-refractivity contribution in [2.75, 3.05) is 17.1 Å². The molecule has 1 atom stereocenters. The van der Waals surface area contributed by atoms with Crippen molar-refractivity contribution in [1.82, 2.24) is 10.2 Å². The first-order chi connectivity index (χ1) is 17.5. The third-order valence-electron chi connectivity index (χ3n) is 6.71. The van der Waals surface area contributed by atoms with Crippen molar-refractivity contribution < 1.29 is 22.4 Å². The summed E-state index contributed by atoms with van der Waals surface area (Å²) in [6.07, 6.45) is 6.39. The zero-order valence-electron chi connectivity index (χ0n) is 21.5. The molecule has 1 aliphatic carbocycles. The van der Waals surface area contributed by atoms with E-state index in [2.05, 4.69) is 5.32 Å². The molecule has 202 valence electrons. The van der Waals surface area contributed by atoms with Gasteiger partial charge in [0.1, 0.15) is 18.4 Å². The summed E-state index contributed by atoms with van der Waals surface area (Å²) >= 11 is 6.05. The highest BCUT2D eigenvalue weighted by molar-refractivity contribution is 7.92. The molecule has 1 aliphatic rings. The number of amides is 2. The van der Waals surface area contributed by atoms with Crippen molar-refractivity contribution >= 4 is 39.1 Å². The zero-order valence-corrected chi connectivity index (χ0v) is 23.1. The average molecular weight is 552 g/mol. The number of sulfonamides is 1. The van der Waals surface area contributed by atoms with E-state index in [1.54, 1.807) is 37.3 Å². The Balaban J connectivity index is 1.93. The van der Waals surface area contributed by atoms with Gasteiger partial charge in [-0.2, -0.15) is 0 Å². The number of rotatable bonds is 10. The lowest BCUT2D eigenvalue weighted by molar-refractivity contribution is -0.140. The molecule has 1 N–H and O–H groups in total. The molecule has 0 radical (unpaired) electrons. The Labute approximate surface area is 224 Å². The molecule has 2 aromatic carbocycles. The molecule has 3 rings (SSSR count). The van der Waals surface area contributed by atoms with Crippen LogP contribution in [0.5, 0.6) is 0 Å². The largest absolute Gasteiger partial charge is 0.352 e. The monoisotopic (exact) mass is 551 g/mol. The molecule has 0 unspecified atom stereocenters. The topological polar surface area (TPSA) is 86.8 Å². The van der Waals surface area contributed by atoms with Gasteiger partial charge in [-0.3, -0.25) is 13.9 Å². The summed E-state index contributed by atoms with van der Waals surface area (Å²) in [5, 5.41) is 3.54. The summed E-state index contributed by atoms with van der Waals surface area (Å²) < 4.78 is 40.1. The molecule has 0 bridgehead atoms. The van der Waals surface area contributed by atoms with Crippen LogP contribution >= 0.6 is 11.6 Å². The van der Waals surface area contributed by atoms with Gasteiger partial charge in [-0.1, -0.05) is 49.9 Å². The van der Waals surface area contributed by atoms with Gasteiger partial charge in [-0.15, -0.1) is 0 Å². The number of benzene rings is 2. The Morgan fingerprint density at radius 1 is 1.11 bits per heavy atom. The van der Waals surface area contributed by atoms with E-state index in [1.807, 2.05) is 6.92 Å². The van der Waals surface area contributed by atoms with E-state index in [0.717, 1.165) is 42.7 Å². The van der Waals surface area contributed by atoms with Gasteiger partial charge in [0, 0.05) is 17.6 Å². The van der Waals surface area contributed by atoms with Crippen molar-refractivity contribution in [2.24, 2.45) is 0 Å². The highest BCUT2D eigenvalue weighted by atomic mass is 35.5. The van der Waals surface area contributed by atoms with Crippen LogP contribution in [-0.4, -0.2) is 50.0 Å². The van der Waals surface area contributed by atoms with Gasteiger partial charge in [-0.25, -0.2) is 12.8 Å². The number of carbonyl (C=O) groups excluding carboxylic acids is 2. The maximum Gasteiger partial charge on any atom is 0.244 e. The number of nitrogens with one attached hydrogen (secondary N) is 1. The summed E-state index contributed by atoms with van der Waals surface area (Å²) in [4.78, 5) is 28.5. The number of aryl methyl sites for hydroxylation is 1. The molecular formula is C27H35ClFN3O4S. The fourth-order valence-corrected chi connectivity index (χ4v) is 5.88. The van der Waals surface area contributed by atoms with Gasteiger partial charge < -0.3 is 10.2 Å². The van der Waals surface area contributed by atoms with Crippen LogP contribution in [0.2, 0.25) is 5.02 Å². The minimum absolute atomic E-state index is 0.0346. The lowest BCUT2D eigenvalue weighted by atomic mass is 9.95. The van der Waals surface area contributed by atoms with E-state index in [1.165, 1.54) is 17.0 Å². The lowest BCUT2D eigenvalue weighted by Crippen LogP contribution is -2.54. The minimum atomic E-state index is -3.84. The summed E-state index contributed by atoms with van der Waals surface area (Å²) in [7, 11) is -3.84. The van der Waals surface area contributed by atoms with Crippen molar-refractivity contribution in [3.63, 3.8) is 0 Å².